The van der Waals surface area contributed by atoms with E-state index < -0.39 is 0 Å². The van der Waals surface area contributed by atoms with E-state index >= 15 is 0 Å². The molecule has 0 radical (unpaired) electrons. The standard InChI is InChI=1S/C21H25N3O2/c1-3-26-12-4-11-22-21(25)18-9-10-19-14-23-24(20(19)13-18)15-17-7-5-16(2)6-8-17/h5-10,13-14H,3-4,11-12,15H2,1-2H3,(H,22,25). The first-order valence-electron chi connectivity index (χ1n) is 9.04. The van der Waals surface area contributed by atoms with Gasteiger partial charge in [0.2, 0.25) is 0 Å². The monoisotopic (exact) mass is 351 g/mol. The van der Waals surface area contributed by atoms with Gasteiger partial charge in [-0.25, -0.2) is 0 Å². The number of benzene rings is 2. The molecule has 5 nitrogen and oxygen atoms in total. The third-order valence-corrected chi connectivity index (χ3v) is 4.31. The zero-order valence-corrected chi connectivity index (χ0v) is 15.4. The summed E-state index contributed by atoms with van der Waals surface area (Å²) >= 11 is 0. The fraction of sp³-hybridized carbons (Fsp3) is 0.333. The maximum atomic E-state index is 12.4. The van der Waals surface area contributed by atoms with Crippen molar-refractivity contribution >= 4 is 16.8 Å². The second-order valence-electron chi connectivity index (χ2n) is 6.37. The predicted octanol–water partition coefficient (Wildman–Crippen LogP) is 3.55. The number of rotatable bonds is 8. The van der Waals surface area contributed by atoms with Crippen LogP contribution in [0.4, 0.5) is 0 Å². The summed E-state index contributed by atoms with van der Waals surface area (Å²) in [5.41, 5.74) is 4.04. The van der Waals surface area contributed by atoms with Gasteiger partial charge in [0.1, 0.15) is 0 Å². The highest BCUT2D eigenvalue weighted by Crippen LogP contribution is 2.17. The quantitative estimate of drug-likeness (QED) is 0.632. The van der Waals surface area contributed by atoms with Gasteiger partial charge in [-0.3, -0.25) is 9.48 Å². The molecule has 0 aliphatic carbocycles. The summed E-state index contributed by atoms with van der Waals surface area (Å²) < 4.78 is 7.22. The van der Waals surface area contributed by atoms with Crippen LogP contribution < -0.4 is 5.32 Å². The highest BCUT2D eigenvalue weighted by Gasteiger charge is 2.09. The number of carbonyl (C=O) groups is 1. The molecule has 3 aromatic rings. The molecule has 0 aliphatic rings. The number of fused-ring (bicyclic) bond motifs is 1. The van der Waals surface area contributed by atoms with Gasteiger partial charge in [0.05, 0.1) is 18.3 Å². The summed E-state index contributed by atoms with van der Waals surface area (Å²) in [7, 11) is 0. The van der Waals surface area contributed by atoms with Crippen molar-refractivity contribution in [3.8, 4) is 0 Å². The van der Waals surface area contributed by atoms with Gasteiger partial charge < -0.3 is 10.1 Å². The lowest BCUT2D eigenvalue weighted by Gasteiger charge is -2.07. The van der Waals surface area contributed by atoms with E-state index in [1.807, 2.05) is 36.0 Å². The summed E-state index contributed by atoms with van der Waals surface area (Å²) in [5.74, 6) is -0.0634. The van der Waals surface area contributed by atoms with Crippen molar-refractivity contribution in [1.82, 2.24) is 15.1 Å². The van der Waals surface area contributed by atoms with E-state index in [1.165, 1.54) is 11.1 Å². The Morgan fingerprint density at radius 2 is 2.00 bits per heavy atom. The van der Waals surface area contributed by atoms with Gasteiger partial charge in [0.25, 0.3) is 5.91 Å². The topological polar surface area (TPSA) is 56.1 Å². The molecule has 1 amide bonds. The summed E-state index contributed by atoms with van der Waals surface area (Å²) in [4.78, 5) is 12.4. The molecule has 0 saturated carbocycles. The second kappa shape index (κ2) is 8.63. The number of hydrogen-bond acceptors (Lipinski definition) is 3. The van der Waals surface area contributed by atoms with Gasteiger partial charge in [-0.2, -0.15) is 5.10 Å². The van der Waals surface area contributed by atoms with E-state index in [1.54, 1.807) is 0 Å². The highest BCUT2D eigenvalue weighted by molar-refractivity contribution is 5.97. The van der Waals surface area contributed by atoms with Gasteiger partial charge in [-0.1, -0.05) is 35.9 Å². The minimum atomic E-state index is -0.0634. The van der Waals surface area contributed by atoms with Crippen LogP contribution in [0.5, 0.6) is 0 Å². The first-order valence-corrected chi connectivity index (χ1v) is 9.04. The van der Waals surface area contributed by atoms with Crippen molar-refractivity contribution < 1.29 is 9.53 Å². The van der Waals surface area contributed by atoms with Crippen LogP contribution in [0, 0.1) is 6.92 Å². The molecule has 3 rings (SSSR count). The Balaban J connectivity index is 1.71. The molecule has 0 spiro atoms. The molecular formula is C21H25N3O2. The van der Waals surface area contributed by atoms with Crippen molar-refractivity contribution in [2.75, 3.05) is 19.8 Å². The molecule has 0 bridgehead atoms. The van der Waals surface area contributed by atoms with Gasteiger partial charge in [0, 0.05) is 30.7 Å². The van der Waals surface area contributed by atoms with Crippen molar-refractivity contribution in [3.05, 3.63) is 65.4 Å². The van der Waals surface area contributed by atoms with E-state index in [2.05, 4.69) is 41.6 Å². The third-order valence-electron chi connectivity index (χ3n) is 4.31. The smallest absolute Gasteiger partial charge is 0.251 e. The molecule has 136 valence electrons. The Labute approximate surface area is 154 Å². The molecule has 0 aliphatic heterocycles. The molecule has 0 saturated heterocycles. The molecule has 1 heterocycles. The van der Waals surface area contributed by atoms with Crippen LogP contribution in [-0.2, 0) is 11.3 Å². The SMILES string of the molecule is CCOCCCNC(=O)c1ccc2cnn(Cc3ccc(C)cc3)c2c1. The minimum Gasteiger partial charge on any atom is -0.382 e. The number of hydrogen-bond donors (Lipinski definition) is 1. The highest BCUT2D eigenvalue weighted by atomic mass is 16.5. The van der Waals surface area contributed by atoms with Crippen molar-refractivity contribution in [2.45, 2.75) is 26.8 Å². The van der Waals surface area contributed by atoms with Gasteiger partial charge in [-0.15, -0.1) is 0 Å². The number of ether oxygens (including phenoxy) is 1. The molecule has 1 N–H and O–H groups in total. The predicted molar refractivity (Wildman–Crippen MR) is 103 cm³/mol. The lowest BCUT2D eigenvalue weighted by atomic mass is 10.1. The fourth-order valence-corrected chi connectivity index (χ4v) is 2.83. The van der Waals surface area contributed by atoms with E-state index in [0.717, 1.165) is 17.3 Å². The molecule has 0 unspecified atom stereocenters. The molecule has 0 atom stereocenters. The van der Waals surface area contributed by atoms with Crippen molar-refractivity contribution in [1.29, 1.82) is 0 Å². The largest absolute Gasteiger partial charge is 0.382 e. The van der Waals surface area contributed by atoms with E-state index in [4.69, 9.17) is 4.74 Å². The molecule has 26 heavy (non-hydrogen) atoms. The van der Waals surface area contributed by atoms with Gasteiger partial charge in [-0.05, 0) is 38.0 Å². The lowest BCUT2D eigenvalue weighted by molar-refractivity contribution is 0.0944. The van der Waals surface area contributed by atoms with Crippen LogP contribution in [0.3, 0.4) is 0 Å². The van der Waals surface area contributed by atoms with E-state index in [-0.39, 0.29) is 5.91 Å². The first-order chi connectivity index (χ1) is 12.7. The number of amides is 1. The Bertz CT molecular complexity index is 869. The minimum absolute atomic E-state index is 0.0634. The fourth-order valence-electron chi connectivity index (χ4n) is 2.83. The Hall–Kier alpha value is -2.66. The summed E-state index contributed by atoms with van der Waals surface area (Å²) in [6.45, 7) is 6.71. The van der Waals surface area contributed by atoms with Crippen LogP contribution in [0.2, 0.25) is 0 Å². The van der Waals surface area contributed by atoms with Crippen LogP contribution in [0.15, 0.2) is 48.7 Å². The second-order valence-corrected chi connectivity index (χ2v) is 6.37. The zero-order chi connectivity index (χ0) is 18.4. The van der Waals surface area contributed by atoms with Crippen LogP contribution in [-0.4, -0.2) is 35.4 Å². The number of aryl methyl sites for hydroxylation is 1. The van der Waals surface area contributed by atoms with Crippen molar-refractivity contribution in [3.63, 3.8) is 0 Å². The summed E-state index contributed by atoms with van der Waals surface area (Å²) in [5, 5.41) is 8.45. The lowest BCUT2D eigenvalue weighted by Crippen LogP contribution is -2.25. The summed E-state index contributed by atoms with van der Waals surface area (Å²) in [6.07, 6.45) is 2.65. The molecule has 2 aromatic carbocycles. The molecule has 0 fully saturated rings. The number of nitrogens with one attached hydrogen (secondary N) is 1. The molecular weight excluding hydrogens is 326 g/mol. The average Bonchev–Trinajstić information content (AvgIpc) is 3.05. The Kier molecular flexibility index (Phi) is 6.02. The number of carbonyl (C=O) groups excluding carboxylic acids is 1. The van der Waals surface area contributed by atoms with Crippen LogP contribution in [0.25, 0.3) is 10.9 Å². The summed E-state index contributed by atoms with van der Waals surface area (Å²) in [6, 6.07) is 14.1. The Morgan fingerprint density at radius 3 is 2.77 bits per heavy atom. The Morgan fingerprint density at radius 1 is 1.19 bits per heavy atom. The van der Waals surface area contributed by atoms with E-state index in [0.29, 0.717) is 31.9 Å². The molecule has 1 aromatic heterocycles. The number of nitrogens with zero attached hydrogens (tertiary/aromatic N) is 2. The first kappa shape index (κ1) is 18.1. The maximum Gasteiger partial charge on any atom is 0.251 e. The zero-order valence-electron chi connectivity index (χ0n) is 15.4. The van der Waals surface area contributed by atoms with Gasteiger partial charge in [0.15, 0.2) is 0 Å². The van der Waals surface area contributed by atoms with E-state index in [9.17, 15) is 4.79 Å². The van der Waals surface area contributed by atoms with Crippen LogP contribution in [0.1, 0.15) is 34.8 Å². The molecule has 5 heteroatoms. The van der Waals surface area contributed by atoms with Gasteiger partial charge >= 0.3 is 0 Å². The number of aromatic nitrogens is 2. The van der Waals surface area contributed by atoms with Crippen LogP contribution >= 0.6 is 0 Å². The normalized spacial score (nSPS) is 11.0. The maximum absolute atomic E-state index is 12.4. The third kappa shape index (κ3) is 4.49. The average molecular weight is 351 g/mol. The van der Waals surface area contributed by atoms with Crippen molar-refractivity contribution in [2.24, 2.45) is 0 Å².